The van der Waals surface area contributed by atoms with E-state index in [1.54, 1.807) is 0 Å². The van der Waals surface area contributed by atoms with Crippen LogP contribution in [0, 0.1) is 0 Å². The second-order valence-electron chi connectivity index (χ2n) is 4.16. The molecule has 1 rings (SSSR count). The lowest BCUT2D eigenvalue weighted by atomic mass is 10.1. The van der Waals surface area contributed by atoms with Crippen molar-refractivity contribution in [1.29, 1.82) is 0 Å². The van der Waals surface area contributed by atoms with Crippen molar-refractivity contribution < 1.29 is 59.2 Å². The van der Waals surface area contributed by atoms with Gasteiger partial charge in [-0.05, 0) is 24.3 Å². The maximum absolute atomic E-state index is 12.9. The van der Waals surface area contributed by atoms with Gasteiger partial charge in [0.1, 0.15) is 0 Å². The molecule has 0 aromatic heterocycles. The van der Waals surface area contributed by atoms with Gasteiger partial charge in [-0.3, -0.25) is 0 Å². The van der Waals surface area contributed by atoms with E-state index in [1.165, 1.54) is 0 Å². The first kappa shape index (κ1) is 23.1. The van der Waals surface area contributed by atoms with Crippen molar-refractivity contribution in [3.8, 4) is 5.75 Å². The number of carboxylic acid groups (broad SMARTS) is 1. The summed E-state index contributed by atoms with van der Waals surface area (Å²) in [4.78, 5) is 16.8. The van der Waals surface area contributed by atoms with Crippen LogP contribution in [0.25, 0.3) is 0 Å². The predicted molar refractivity (Wildman–Crippen MR) is 63.3 cm³/mol. The van der Waals surface area contributed by atoms with E-state index in [9.17, 15) is 44.3 Å². The van der Waals surface area contributed by atoms with Gasteiger partial charge < -0.3 is 9.99 Å². The number of carboxylic acids is 1. The maximum atomic E-state index is 12.9. The highest BCUT2D eigenvalue weighted by atomic mass is 35.5. The lowest BCUT2D eigenvalue weighted by Gasteiger charge is -2.31. The van der Waals surface area contributed by atoms with Crippen LogP contribution in [0.5, 0.6) is 5.75 Å². The Morgan fingerprint density at radius 3 is 1.64 bits per heavy atom. The molecule has 0 spiro atoms. The fourth-order valence-corrected chi connectivity index (χ4v) is 1.17. The van der Waals surface area contributed by atoms with Crippen LogP contribution in [-0.4, -0.2) is 35.2 Å². The number of rotatable bonds is 6. The Kier molecular flexibility index (Phi) is 6.61. The summed E-state index contributed by atoms with van der Waals surface area (Å²) in [5.41, 5.74) is -0.386. The van der Waals surface area contributed by atoms with Gasteiger partial charge in [0.05, 0.1) is 5.56 Å². The normalized spacial score (nSPS) is 13.2. The van der Waals surface area contributed by atoms with Crippen molar-refractivity contribution in [1.82, 2.24) is 0 Å². The summed E-state index contributed by atoms with van der Waals surface area (Å²) in [7, 11) is 0. The third-order valence-electron chi connectivity index (χ3n) is 2.46. The molecule has 0 aliphatic heterocycles. The van der Waals surface area contributed by atoms with E-state index in [4.69, 9.17) is 5.11 Å². The molecule has 0 atom stereocenters. The summed E-state index contributed by atoms with van der Waals surface area (Å²) in [6.07, 6.45) is -13.3. The van der Waals surface area contributed by atoms with E-state index in [2.05, 4.69) is 9.78 Å². The van der Waals surface area contributed by atoms with Crippen LogP contribution in [0.2, 0.25) is 0 Å². The minimum Gasteiger partial charge on any atom is -0.478 e. The van der Waals surface area contributed by atoms with Crippen LogP contribution < -0.4 is 4.89 Å². The highest BCUT2D eigenvalue weighted by molar-refractivity contribution is 5.87. The first-order valence-electron chi connectivity index (χ1n) is 5.52. The molecule has 0 amide bonds. The molecule has 0 bridgehead atoms. The van der Waals surface area contributed by atoms with Gasteiger partial charge in [0.25, 0.3) is 0 Å². The molecule has 0 unspecified atom stereocenters. The standard InChI is InChI=1S/C11H5F9O4.ClH/c12-8(13,10(16,17)18)9(14,15)11(19,20)24-23-6-3-1-5(2-4-6)7(21)22;/h1-4H,(H,21,22);1H. The van der Waals surface area contributed by atoms with E-state index < -0.39 is 35.8 Å². The van der Waals surface area contributed by atoms with E-state index in [1.807, 2.05) is 0 Å². The molecule has 14 heteroatoms. The summed E-state index contributed by atoms with van der Waals surface area (Å²) >= 11 is 0. The summed E-state index contributed by atoms with van der Waals surface area (Å²) in [5, 5.41) is 8.53. The zero-order valence-electron chi connectivity index (χ0n) is 11.3. The Hall–Kier alpha value is -1.89. The number of hydrogen-bond donors (Lipinski definition) is 1. The molecule has 0 heterocycles. The van der Waals surface area contributed by atoms with Gasteiger partial charge in [-0.15, -0.1) is 17.3 Å². The number of carbonyl (C=O) groups is 1. The smallest absolute Gasteiger partial charge is 0.461 e. The Balaban J connectivity index is 0.00000576. The van der Waals surface area contributed by atoms with Crippen LogP contribution in [-0.2, 0) is 4.89 Å². The average molecular weight is 409 g/mol. The van der Waals surface area contributed by atoms with Gasteiger partial charge in [0.2, 0.25) is 0 Å². The molecule has 0 radical (unpaired) electrons. The van der Waals surface area contributed by atoms with Gasteiger partial charge in [0, 0.05) is 0 Å². The molecule has 25 heavy (non-hydrogen) atoms. The predicted octanol–water partition coefficient (Wildman–Crippen LogP) is 4.54. The lowest BCUT2D eigenvalue weighted by molar-refractivity contribution is -0.496. The molecule has 1 N–H and O–H groups in total. The van der Waals surface area contributed by atoms with E-state index in [-0.39, 0.29) is 18.0 Å². The summed E-state index contributed by atoms with van der Waals surface area (Å²) in [6.45, 7) is 0. The zero-order valence-corrected chi connectivity index (χ0v) is 12.1. The second-order valence-corrected chi connectivity index (χ2v) is 4.16. The van der Waals surface area contributed by atoms with Gasteiger partial charge in [-0.25, -0.2) is 4.79 Å². The lowest BCUT2D eigenvalue weighted by Crippen LogP contribution is -2.61. The average Bonchev–Trinajstić information content (AvgIpc) is 2.44. The topological polar surface area (TPSA) is 55.8 Å². The van der Waals surface area contributed by atoms with Crippen molar-refractivity contribution in [3.63, 3.8) is 0 Å². The van der Waals surface area contributed by atoms with E-state index in [0.29, 0.717) is 12.1 Å². The molecular weight excluding hydrogens is 403 g/mol. The number of halogens is 10. The van der Waals surface area contributed by atoms with Crippen molar-refractivity contribution >= 4 is 18.4 Å². The van der Waals surface area contributed by atoms with Gasteiger partial charge in [0.15, 0.2) is 5.75 Å². The maximum Gasteiger partial charge on any atom is 0.461 e. The fraction of sp³-hybridized carbons (Fsp3) is 0.364. The number of hydrogen-bond acceptors (Lipinski definition) is 3. The van der Waals surface area contributed by atoms with Crippen molar-refractivity contribution in [2.24, 2.45) is 0 Å². The number of alkyl halides is 9. The van der Waals surface area contributed by atoms with Gasteiger partial charge >= 0.3 is 30.1 Å². The summed E-state index contributed by atoms with van der Waals surface area (Å²) in [6, 6.07) is 2.70. The van der Waals surface area contributed by atoms with Crippen LogP contribution in [0.4, 0.5) is 39.5 Å². The molecule has 1 aromatic carbocycles. The fourth-order valence-electron chi connectivity index (χ4n) is 1.17. The molecule has 0 saturated heterocycles. The molecule has 144 valence electrons. The van der Waals surface area contributed by atoms with Crippen LogP contribution in [0.1, 0.15) is 10.4 Å². The monoisotopic (exact) mass is 408 g/mol. The summed E-state index contributed by atoms with van der Waals surface area (Å²) in [5.74, 6) is -16.4. The number of benzene rings is 1. The molecule has 4 nitrogen and oxygen atoms in total. The van der Waals surface area contributed by atoms with Gasteiger partial charge in [-0.1, -0.05) is 0 Å². The largest absolute Gasteiger partial charge is 0.478 e. The highest BCUT2D eigenvalue weighted by Crippen LogP contribution is 2.53. The number of aromatic carboxylic acids is 1. The molecule has 0 saturated carbocycles. The van der Waals surface area contributed by atoms with Crippen LogP contribution in [0.15, 0.2) is 24.3 Å². The van der Waals surface area contributed by atoms with Crippen LogP contribution >= 0.6 is 12.4 Å². The van der Waals surface area contributed by atoms with Crippen molar-refractivity contribution in [3.05, 3.63) is 29.8 Å². The zero-order chi connectivity index (χ0) is 19.0. The SMILES string of the molecule is Cl.O=C(O)c1ccc(OOC(F)(F)C(F)(F)C(F)(F)C(F)(F)F)cc1. The van der Waals surface area contributed by atoms with E-state index >= 15 is 0 Å². The Morgan fingerprint density at radius 1 is 0.840 bits per heavy atom. The Morgan fingerprint density at radius 2 is 1.28 bits per heavy atom. The summed E-state index contributed by atoms with van der Waals surface area (Å²) < 4.78 is 112. The Bertz CT molecular complexity index is 601. The molecule has 0 aliphatic carbocycles. The quantitative estimate of drug-likeness (QED) is 0.426. The Labute approximate surface area is 138 Å². The third-order valence-corrected chi connectivity index (χ3v) is 2.46. The third kappa shape index (κ3) is 4.39. The first-order chi connectivity index (χ1) is 10.6. The van der Waals surface area contributed by atoms with Gasteiger partial charge in [-0.2, -0.15) is 39.5 Å². The van der Waals surface area contributed by atoms with E-state index in [0.717, 1.165) is 12.1 Å². The first-order valence-corrected chi connectivity index (χ1v) is 5.52. The molecule has 0 fully saturated rings. The minimum atomic E-state index is -7.11. The molecular formula is C11H6ClF9O4. The minimum absolute atomic E-state index is 0. The van der Waals surface area contributed by atoms with Crippen LogP contribution in [0.3, 0.4) is 0 Å². The van der Waals surface area contributed by atoms with Crippen molar-refractivity contribution in [2.45, 2.75) is 24.1 Å². The highest BCUT2D eigenvalue weighted by Gasteiger charge is 2.83. The second kappa shape index (κ2) is 7.15. The molecule has 0 aliphatic rings. The van der Waals surface area contributed by atoms with Crippen molar-refractivity contribution in [2.75, 3.05) is 0 Å². The molecule has 1 aromatic rings.